The van der Waals surface area contributed by atoms with Gasteiger partial charge in [-0.25, -0.2) is 4.79 Å². The highest BCUT2D eigenvalue weighted by Crippen LogP contribution is 2.23. The number of nitrogens with one attached hydrogen (secondary N) is 1. The number of rotatable bonds is 9. The third-order valence-electron chi connectivity index (χ3n) is 4.05. The van der Waals surface area contributed by atoms with Gasteiger partial charge in [-0.05, 0) is 17.9 Å². The second kappa shape index (κ2) is 10.1. The molecule has 0 fully saturated rings. The minimum absolute atomic E-state index is 0.0101. The first-order valence-corrected chi connectivity index (χ1v) is 9.69. The van der Waals surface area contributed by atoms with Crippen molar-refractivity contribution < 1.29 is 23.8 Å². The van der Waals surface area contributed by atoms with Gasteiger partial charge in [0.25, 0.3) is 17.5 Å². The van der Waals surface area contributed by atoms with Crippen LogP contribution in [0, 0.1) is 22.0 Å². The van der Waals surface area contributed by atoms with Crippen LogP contribution in [0.5, 0.6) is 0 Å². The third-order valence-corrected chi connectivity index (χ3v) is 4.37. The van der Waals surface area contributed by atoms with E-state index in [0.29, 0.717) is 18.2 Å². The van der Waals surface area contributed by atoms with Crippen LogP contribution >= 0.6 is 11.6 Å². The van der Waals surface area contributed by atoms with Crippen LogP contribution in [-0.2, 0) is 22.6 Å². The number of halogens is 1. The molecule has 0 bridgehead atoms. The Balaban J connectivity index is 2.02. The van der Waals surface area contributed by atoms with Crippen LogP contribution in [0.1, 0.15) is 49.8 Å². The summed E-state index contributed by atoms with van der Waals surface area (Å²) in [4.78, 5) is 39.4. The molecular weight excluding hydrogens is 416 g/mol. The first kappa shape index (κ1) is 23.3. The number of hydrogen-bond acceptors (Lipinski definition) is 8. The number of carbonyl (C=O) groups excluding carboxylic acids is 2. The molecule has 1 amide bonds. The van der Waals surface area contributed by atoms with Gasteiger partial charge in [-0.2, -0.15) is 4.98 Å². The number of esters is 1. The molecule has 10 nitrogen and oxygen atoms in total. The molecule has 0 aliphatic carbocycles. The zero-order valence-electron chi connectivity index (χ0n) is 17.0. The lowest BCUT2D eigenvalue weighted by molar-refractivity contribution is -0.384. The first-order valence-electron chi connectivity index (χ1n) is 9.31. The summed E-state index contributed by atoms with van der Waals surface area (Å²) in [5, 5.41) is 17.1. The van der Waals surface area contributed by atoms with Crippen LogP contribution in [0.4, 0.5) is 5.69 Å². The number of aromatic nitrogens is 2. The molecule has 0 saturated heterocycles. The van der Waals surface area contributed by atoms with Crippen LogP contribution in [0.15, 0.2) is 22.7 Å². The minimum atomic E-state index is -0.971. The highest BCUT2D eigenvalue weighted by molar-refractivity contribution is 6.34. The van der Waals surface area contributed by atoms with E-state index in [-0.39, 0.29) is 34.7 Å². The van der Waals surface area contributed by atoms with Gasteiger partial charge in [0.1, 0.15) is 6.04 Å². The van der Waals surface area contributed by atoms with E-state index >= 15 is 0 Å². The van der Waals surface area contributed by atoms with Crippen molar-refractivity contribution in [2.24, 2.45) is 11.8 Å². The predicted octanol–water partition coefficient (Wildman–Crippen LogP) is 3.33. The van der Waals surface area contributed by atoms with E-state index in [2.05, 4.69) is 15.5 Å². The Hall–Kier alpha value is -3.01. The fourth-order valence-electron chi connectivity index (χ4n) is 2.54. The first-order chi connectivity index (χ1) is 14.1. The van der Waals surface area contributed by atoms with E-state index in [1.807, 2.05) is 13.8 Å². The monoisotopic (exact) mass is 438 g/mol. The van der Waals surface area contributed by atoms with E-state index in [1.165, 1.54) is 6.07 Å². The number of non-ortho nitro benzene ring substituents is 1. The Labute approximate surface area is 178 Å². The second-order valence-electron chi connectivity index (χ2n) is 7.43. The molecule has 2 rings (SSSR count). The number of nitro benzene ring substituents is 1. The van der Waals surface area contributed by atoms with Crippen LogP contribution in [0.3, 0.4) is 0 Å². The lowest BCUT2D eigenvalue weighted by Gasteiger charge is -2.20. The molecule has 1 aromatic carbocycles. The molecule has 1 atom stereocenters. The van der Waals surface area contributed by atoms with Crippen molar-refractivity contribution in [3.8, 4) is 0 Å². The number of nitro groups is 1. The summed E-state index contributed by atoms with van der Waals surface area (Å²) in [6.45, 7) is 7.28. The smallest absolute Gasteiger partial charge is 0.329 e. The van der Waals surface area contributed by atoms with Crippen molar-refractivity contribution in [3.05, 3.63) is 50.6 Å². The standard InChI is InChI=1S/C19H23ClN4O6/c1-10(2)7-15-21-16(30-23-15)9-29-19(26)17(11(3)4)22-18(25)13-6-5-12(24(27)28)8-14(13)20/h5-6,8,10-11,17H,7,9H2,1-4H3,(H,22,25)/t17-/m0/s1. The number of hydrogen-bond donors (Lipinski definition) is 1. The Morgan fingerprint density at radius 1 is 1.30 bits per heavy atom. The Morgan fingerprint density at radius 3 is 2.57 bits per heavy atom. The summed E-state index contributed by atoms with van der Waals surface area (Å²) < 4.78 is 10.3. The van der Waals surface area contributed by atoms with E-state index in [1.54, 1.807) is 13.8 Å². The zero-order chi connectivity index (χ0) is 22.4. The van der Waals surface area contributed by atoms with Gasteiger partial charge >= 0.3 is 5.97 Å². The van der Waals surface area contributed by atoms with Crippen LogP contribution in [0.2, 0.25) is 5.02 Å². The minimum Gasteiger partial charge on any atom is -0.454 e. The molecule has 0 radical (unpaired) electrons. The van der Waals surface area contributed by atoms with Gasteiger partial charge in [0, 0.05) is 18.6 Å². The second-order valence-corrected chi connectivity index (χ2v) is 7.83. The number of ether oxygens (including phenoxy) is 1. The van der Waals surface area contributed by atoms with Crippen molar-refractivity contribution in [3.63, 3.8) is 0 Å². The van der Waals surface area contributed by atoms with Gasteiger partial charge in [-0.15, -0.1) is 0 Å². The maximum absolute atomic E-state index is 12.5. The summed E-state index contributed by atoms with van der Waals surface area (Å²) in [6.07, 6.45) is 0.637. The van der Waals surface area contributed by atoms with Crippen LogP contribution in [-0.4, -0.2) is 33.0 Å². The maximum Gasteiger partial charge on any atom is 0.329 e. The van der Waals surface area contributed by atoms with Crippen LogP contribution < -0.4 is 5.32 Å². The molecule has 0 saturated carbocycles. The Morgan fingerprint density at radius 2 is 2.00 bits per heavy atom. The van der Waals surface area contributed by atoms with Gasteiger partial charge in [-0.3, -0.25) is 14.9 Å². The van der Waals surface area contributed by atoms with Gasteiger partial charge in [0.2, 0.25) is 0 Å². The van der Waals surface area contributed by atoms with Crippen molar-refractivity contribution in [2.75, 3.05) is 0 Å². The zero-order valence-corrected chi connectivity index (χ0v) is 17.8. The Bertz CT molecular complexity index is 927. The molecule has 0 spiro atoms. The molecule has 2 aromatic rings. The Kier molecular flexibility index (Phi) is 7.87. The lowest BCUT2D eigenvalue weighted by Crippen LogP contribution is -2.45. The SMILES string of the molecule is CC(C)Cc1noc(COC(=O)[C@@H](NC(=O)c2ccc([N+](=O)[O-])cc2Cl)C(C)C)n1. The molecule has 1 heterocycles. The van der Waals surface area contributed by atoms with E-state index in [0.717, 1.165) is 12.1 Å². The molecule has 1 N–H and O–H groups in total. The molecule has 0 aliphatic heterocycles. The summed E-state index contributed by atoms with van der Waals surface area (Å²) >= 11 is 5.98. The highest BCUT2D eigenvalue weighted by Gasteiger charge is 2.28. The average Bonchev–Trinajstić information content (AvgIpc) is 3.10. The molecule has 0 aliphatic rings. The summed E-state index contributed by atoms with van der Waals surface area (Å²) in [7, 11) is 0. The number of carbonyl (C=O) groups is 2. The topological polar surface area (TPSA) is 137 Å². The summed E-state index contributed by atoms with van der Waals surface area (Å²) in [5.41, 5.74) is -0.233. The van der Waals surface area contributed by atoms with Crippen LogP contribution in [0.25, 0.3) is 0 Å². The van der Waals surface area contributed by atoms with Gasteiger partial charge in [0.15, 0.2) is 12.4 Å². The molecule has 0 unspecified atom stereocenters. The summed E-state index contributed by atoms with van der Waals surface area (Å²) in [5.74, 6) is -0.589. The molecule has 30 heavy (non-hydrogen) atoms. The molecular formula is C19H23ClN4O6. The third kappa shape index (κ3) is 6.24. The highest BCUT2D eigenvalue weighted by atomic mass is 35.5. The van der Waals surface area contributed by atoms with Crippen molar-refractivity contribution >= 4 is 29.2 Å². The summed E-state index contributed by atoms with van der Waals surface area (Å²) in [6, 6.07) is 2.49. The largest absolute Gasteiger partial charge is 0.454 e. The van der Waals surface area contributed by atoms with Crippen molar-refractivity contribution in [1.82, 2.24) is 15.5 Å². The van der Waals surface area contributed by atoms with Gasteiger partial charge in [-0.1, -0.05) is 44.5 Å². The predicted molar refractivity (Wildman–Crippen MR) is 107 cm³/mol. The normalized spacial score (nSPS) is 12.1. The fourth-order valence-corrected chi connectivity index (χ4v) is 2.80. The quantitative estimate of drug-likeness (QED) is 0.357. The van der Waals surface area contributed by atoms with E-state index in [4.69, 9.17) is 20.9 Å². The number of amides is 1. The lowest BCUT2D eigenvalue weighted by atomic mass is 10.0. The maximum atomic E-state index is 12.5. The molecule has 1 aromatic heterocycles. The molecule has 11 heteroatoms. The van der Waals surface area contributed by atoms with Gasteiger partial charge < -0.3 is 14.6 Å². The fraction of sp³-hybridized carbons (Fsp3) is 0.474. The van der Waals surface area contributed by atoms with Crippen molar-refractivity contribution in [2.45, 2.75) is 46.8 Å². The van der Waals surface area contributed by atoms with E-state index < -0.39 is 22.8 Å². The van der Waals surface area contributed by atoms with E-state index in [9.17, 15) is 19.7 Å². The average molecular weight is 439 g/mol. The number of benzene rings is 1. The molecule has 162 valence electrons. The van der Waals surface area contributed by atoms with Gasteiger partial charge in [0.05, 0.1) is 15.5 Å². The van der Waals surface area contributed by atoms with Crippen molar-refractivity contribution in [1.29, 1.82) is 0 Å². The number of nitrogens with zero attached hydrogens (tertiary/aromatic N) is 3.